The maximum Gasteiger partial charge on any atom is 0.331 e. The van der Waals surface area contributed by atoms with E-state index in [9.17, 15) is 22.8 Å². The van der Waals surface area contributed by atoms with E-state index >= 15 is 0 Å². The topological polar surface area (TPSA) is 122 Å². The van der Waals surface area contributed by atoms with Gasteiger partial charge in [0.2, 0.25) is 22.7 Å². The van der Waals surface area contributed by atoms with Gasteiger partial charge in [-0.15, -0.1) is 0 Å². The summed E-state index contributed by atoms with van der Waals surface area (Å²) in [6.45, 7) is 0.567. The van der Waals surface area contributed by atoms with Crippen LogP contribution >= 0.6 is 0 Å². The lowest BCUT2D eigenvalue weighted by atomic mass is 9.99. The van der Waals surface area contributed by atoms with Crippen LogP contribution < -0.4 is 10.0 Å². The van der Waals surface area contributed by atoms with Gasteiger partial charge in [0.25, 0.3) is 0 Å². The number of nitrogens with one attached hydrogen (secondary N) is 2. The molecule has 0 spiro atoms. The molecule has 12 heteroatoms. The fraction of sp³-hybridized carbons (Fsp3) is 0.296. The third kappa shape index (κ3) is 5.25. The molecule has 0 bridgehead atoms. The van der Waals surface area contributed by atoms with Crippen LogP contribution in [0.4, 0.5) is 10.5 Å². The van der Waals surface area contributed by atoms with E-state index in [1.807, 2.05) is 42.5 Å². The molecule has 204 valence electrons. The zero-order valence-electron chi connectivity index (χ0n) is 21.6. The van der Waals surface area contributed by atoms with Crippen LogP contribution in [-0.4, -0.2) is 85.5 Å². The number of amides is 4. The highest BCUT2D eigenvalue weighted by molar-refractivity contribution is 7.73. The molecule has 11 nitrogen and oxygen atoms in total. The fourth-order valence-electron chi connectivity index (χ4n) is 5.41. The van der Waals surface area contributed by atoms with Crippen LogP contribution in [0.1, 0.15) is 11.1 Å². The van der Waals surface area contributed by atoms with Crippen LogP contribution in [0.15, 0.2) is 66.7 Å². The van der Waals surface area contributed by atoms with Crippen LogP contribution in [0.2, 0.25) is 0 Å². The predicted molar refractivity (Wildman–Crippen MR) is 147 cm³/mol. The summed E-state index contributed by atoms with van der Waals surface area (Å²) in [4.78, 5) is 43.0. The molecule has 2 aliphatic heterocycles. The Bertz CT molecular complexity index is 1480. The van der Waals surface area contributed by atoms with Crippen LogP contribution in [0.25, 0.3) is 10.8 Å². The second-order valence-corrected chi connectivity index (χ2v) is 10.3. The number of hydrogen-bond donors (Lipinski definition) is 3. The van der Waals surface area contributed by atoms with E-state index < -0.39 is 23.1 Å². The van der Waals surface area contributed by atoms with Crippen molar-refractivity contribution in [3.05, 3.63) is 77.9 Å². The average Bonchev–Trinajstić information content (AvgIpc) is 3.26. The van der Waals surface area contributed by atoms with Gasteiger partial charge in [0.15, 0.2) is 0 Å². The maximum atomic E-state index is 14.0. The van der Waals surface area contributed by atoms with Gasteiger partial charge in [-0.25, -0.2) is 13.2 Å². The number of piperazine rings is 1. The molecule has 2 heterocycles. The van der Waals surface area contributed by atoms with Crippen molar-refractivity contribution in [2.24, 2.45) is 0 Å². The summed E-state index contributed by atoms with van der Waals surface area (Å²) in [6, 6.07) is 19.5. The van der Waals surface area contributed by atoms with Gasteiger partial charge in [-0.2, -0.15) is 5.01 Å². The maximum absolute atomic E-state index is 14.0. The molecule has 2 saturated heterocycles. The summed E-state index contributed by atoms with van der Waals surface area (Å²) in [5, 5.41) is 7.78. The zero-order chi connectivity index (χ0) is 27.7. The molecule has 0 radical (unpaired) electrons. The van der Waals surface area contributed by atoms with E-state index in [2.05, 4.69) is 10.0 Å². The van der Waals surface area contributed by atoms with Crippen molar-refractivity contribution in [3.63, 3.8) is 0 Å². The molecule has 39 heavy (non-hydrogen) atoms. The van der Waals surface area contributed by atoms with Gasteiger partial charge < -0.3 is 15.1 Å². The molecule has 3 aromatic carbocycles. The lowest BCUT2D eigenvalue weighted by molar-refractivity contribution is -0.157. The molecule has 0 aromatic heterocycles. The van der Waals surface area contributed by atoms with Gasteiger partial charge in [0.05, 0.1) is 13.1 Å². The first-order chi connectivity index (χ1) is 18.8. The summed E-state index contributed by atoms with van der Waals surface area (Å²) >= 11 is 0. The number of hydrazine groups is 1. The first-order valence-corrected chi connectivity index (χ1v) is 13.7. The monoisotopic (exact) mass is 550 g/mol. The van der Waals surface area contributed by atoms with E-state index in [1.54, 1.807) is 46.1 Å². The van der Waals surface area contributed by atoms with E-state index in [-0.39, 0.29) is 37.4 Å². The number of urea groups is 1. The Kier molecular flexibility index (Phi) is 7.40. The summed E-state index contributed by atoms with van der Waals surface area (Å²) in [7, 11) is 0.332. The van der Waals surface area contributed by atoms with Crippen molar-refractivity contribution in [1.82, 2.24) is 25.1 Å². The molecule has 2 fully saturated rings. The summed E-state index contributed by atoms with van der Waals surface area (Å²) in [6.07, 6.45) is -0.281. The van der Waals surface area contributed by atoms with E-state index in [0.717, 1.165) is 21.9 Å². The minimum atomic E-state index is -2.79. The Morgan fingerprint density at radius 1 is 1.03 bits per heavy atom. The lowest BCUT2D eigenvalue weighted by Crippen LogP contribution is -2.65. The zero-order valence-corrected chi connectivity index (χ0v) is 22.5. The van der Waals surface area contributed by atoms with Gasteiger partial charge in [-0.05, 0) is 34.0 Å². The number of nitrogens with zero attached hydrogens (tertiary/aromatic N) is 4. The van der Waals surface area contributed by atoms with Crippen molar-refractivity contribution in [2.75, 3.05) is 31.9 Å². The van der Waals surface area contributed by atoms with Gasteiger partial charge >= 0.3 is 6.03 Å². The molecule has 0 unspecified atom stereocenters. The third-order valence-corrected chi connectivity index (χ3v) is 7.74. The Morgan fingerprint density at radius 2 is 1.74 bits per heavy atom. The number of thiol groups is 1. The first kappa shape index (κ1) is 26.4. The molecular formula is C27H30N6O5S. The highest BCUT2D eigenvalue weighted by Gasteiger charge is 2.51. The fourth-order valence-corrected chi connectivity index (χ4v) is 5.77. The SMILES string of the molecule is CNC(=O)N(C)N1CC(=O)N2[C@@H](Cc3ccc(N[SH](=O)=O)cc3)C(=O)N(Cc3cccc4ccccc34)C[C@@H]21. The second kappa shape index (κ2) is 10.9. The number of carbonyl (C=O) groups is 3. The first-order valence-electron chi connectivity index (χ1n) is 12.6. The number of anilines is 1. The Morgan fingerprint density at radius 3 is 2.46 bits per heavy atom. The molecule has 5 rings (SSSR count). The largest absolute Gasteiger partial charge is 0.340 e. The Hall–Kier alpha value is -4.16. The van der Waals surface area contributed by atoms with Crippen molar-refractivity contribution in [3.8, 4) is 0 Å². The van der Waals surface area contributed by atoms with Gasteiger partial charge in [0.1, 0.15) is 12.2 Å². The molecule has 2 atom stereocenters. The van der Waals surface area contributed by atoms with E-state index in [4.69, 9.17) is 0 Å². The van der Waals surface area contributed by atoms with Gasteiger partial charge in [-0.1, -0.05) is 54.6 Å². The van der Waals surface area contributed by atoms with E-state index in [1.165, 1.54) is 12.1 Å². The normalized spacial score (nSPS) is 19.5. The van der Waals surface area contributed by atoms with Gasteiger partial charge in [-0.3, -0.25) is 19.3 Å². The quantitative estimate of drug-likeness (QED) is 0.382. The molecule has 0 saturated carbocycles. The minimum Gasteiger partial charge on any atom is -0.340 e. The number of carbonyl (C=O) groups excluding carboxylic acids is 3. The molecule has 2 aliphatic rings. The van der Waals surface area contributed by atoms with E-state index in [0.29, 0.717) is 12.2 Å². The van der Waals surface area contributed by atoms with Gasteiger partial charge in [0, 0.05) is 32.7 Å². The number of benzene rings is 3. The summed E-state index contributed by atoms with van der Waals surface area (Å²) in [5.41, 5.74) is 2.18. The Labute approximate surface area is 228 Å². The lowest BCUT2D eigenvalue weighted by Gasteiger charge is -2.45. The number of rotatable bonds is 7. The summed E-state index contributed by atoms with van der Waals surface area (Å²) < 4.78 is 24.3. The van der Waals surface area contributed by atoms with Crippen LogP contribution in [0, 0.1) is 0 Å². The molecular weight excluding hydrogens is 520 g/mol. The smallest absolute Gasteiger partial charge is 0.331 e. The van der Waals surface area contributed by atoms with Crippen LogP contribution in [0.5, 0.6) is 0 Å². The predicted octanol–water partition coefficient (Wildman–Crippen LogP) is 1.39. The molecule has 2 N–H and O–H groups in total. The van der Waals surface area contributed by atoms with Crippen molar-refractivity contribution in [2.45, 2.75) is 25.2 Å². The highest BCUT2D eigenvalue weighted by atomic mass is 32.2. The molecule has 4 amide bonds. The van der Waals surface area contributed by atoms with Crippen molar-refractivity contribution < 1.29 is 22.8 Å². The van der Waals surface area contributed by atoms with Crippen LogP contribution in [-0.2, 0) is 33.4 Å². The third-order valence-electron chi connectivity index (χ3n) is 7.30. The number of fused-ring (bicyclic) bond motifs is 2. The summed E-state index contributed by atoms with van der Waals surface area (Å²) in [5.74, 6) is -0.414. The van der Waals surface area contributed by atoms with Crippen LogP contribution in [0.3, 0.4) is 0 Å². The number of hydrogen-bond acceptors (Lipinski definition) is 6. The highest BCUT2D eigenvalue weighted by Crippen LogP contribution is 2.31. The van der Waals surface area contributed by atoms with Crippen molar-refractivity contribution >= 4 is 45.2 Å². The minimum absolute atomic E-state index is 0.0279. The average molecular weight is 551 g/mol. The Balaban J connectivity index is 1.48. The standard InChI is InChI=1S/C27H30N6O5S/c1-28-27(36)30(2)32-17-25(34)33-23(14-18-10-12-21(13-11-18)29-39(37)38)26(35)31(16-24(32)33)15-20-8-5-7-19-6-3-4-9-22(19)20/h3-13,23-24,39H,14-17H2,1-2H3,(H,28,36)(H,29,37,38)/t23-,24+/m0/s1. The molecule has 3 aromatic rings. The second-order valence-electron chi connectivity index (χ2n) is 9.60. The molecule has 0 aliphatic carbocycles. The van der Waals surface area contributed by atoms with Crippen molar-refractivity contribution in [1.29, 1.82) is 0 Å².